The molecule has 1 aromatic carbocycles. The first kappa shape index (κ1) is 16.4. The second-order valence-corrected chi connectivity index (χ2v) is 6.44. The van der Waals surface area contributed by atoms with Crippen LogP contribution in [0.3, 0.4) is 0 Å². The number of hydrogen-bond acceptors (Lipinski definition) is 4. The van der Waals surface area contributed by atoms with Crippen molar-refractivity contribution in [1.82, 2.24) is 14.9 Å². The van der Waals surface area contributed by atoms with Gasteiger partial charge in [-0.15, -0.1) is 0 Å². The summed E-state index contributed by atoms with van der Waals surface area (Å²) in [6.07, 6.45) is 6.01. The Morgan fingerprint density at radius 1 is 1.04 bits per heavy atom. The molecule has 1 saturated heterocycles. The van der Waals surface area contributed by atoms with E-state index in [1.165, 1.54) is 24.7 Å². The average Bonchev–Trinajstić information content (AvgIpc) is 2.87. The zero-order valence-corrected chi connectivity index (χ0v) is 14.4. The number of nitrogens with zero attached hydrogens (tertiary/aromatic N) is 3. The largest absolute Gasteiger partial charge is 0.340 e. The van der Waals surface area contributed by atoms with Crippen LogP contribution in [0.15, 0.2) is 30.6 Å². The number of aryl methyl sites for hydroxylation is 2. The first-order chi connectivity index (χ1) is 11.6. The molecule has 0 radical (unpaired) electrons. The van der Waals surface area contributed by atoms with Gasteiger partial charge in [0.15, 0.2) is 0 Å². The molecule has 0 atom stereocenters. The van der Waals surface area contributed by atoms with Crippen LogP contribution in [0.2, 0.25) is 0 Å². The molecule has 1 aliphatic rings. The van der Waals surface area contributed by atoms with E-state index in [1.807, 2.05) is 11.8 Å². The number of carbonyl (C=O) groups excluding carboxylic acids is 1. The van der Waals surface area contributed by atoms with Crippen molar-refractivity contribution >= 4 is 17.4 Å². The number of nitrogens with one attached hydrogen (secondary N) is 1. The summed E-state index contributed by atoms with van der Waals surface area (Å²) < 4.78 is 0. The molecule has 24 heavy (non-hydrogen) atoms. The SMILES string of the molecule is Cc1ccc(C)c(Nc2cc(C(=O)N3CCCCCC3)ncn2)c1. The number of carbonyl (C=O) groups is 1. The average molecular weight is 324 g/mol. The summed E-state index contributed by atoms with van der Waals surface area (Å²) in [7, 11) is 0. The van der Waals surface area contributed by atoms with Crippen LogP contribution in [0.1, 0.15) is 47.3 Å². The molecule has 5 nitrogen and oxygen atoms in total. The second-order valence-electron chi connectivity index (χ2n) is 6.44. The fourth-order valence-corrected chi connectivity index (χ4v) is 2.99. The Bertz CT molecular complexity index is 721. The molecule has 0 unspecified atom stereocenters. The molecule has 0 spiro atoms. The zero-order valence-electron chi connectivity index (χ0n) is 14.4. The fraction of sp³-hybridized carbons (Fsp3) is 0.421. The van der Waals surface area contributed by atoms with Crippen molar-refractivity contribution < 1.29 is 4.79 Å². The standard InChI is InChI=1S/C19H24N4O/c1-14-7-8-15(2)16(11-14)22-18-12-17(20-13-21-18)19(24)23-9-5-3-4-6-10-23/h7-8,11-13H,3-6,9-10H2,1-2H3,(H,20,21,22). The summed E-state index contributed by atoms with van der Waals surface area (Å²) >= 11 is 0. The van der Waals surface area contributed by atoms with Crippen molar-refractivity contribution in [2.45, 2.75) is 39.5 Å². The maximum Gasteiger partial charge on any atom is 0.272 e. The van der Waals surface area contributed by atoms with E-state index in [0.29, 0.717) is 11.5 Å². The highest BCUT2D eigenvalue weighted by molar-refractivity contribution is 5.93. The van der Waals surface area contributed by atoms with Crippen LogP contribution in [0.4, 0.5) is 11.5 Å². The van der Waals surface area contributed by atoms with E-state index in [0.717, 1.165) is 37.2 Å². The third-order valence-electron chi connectivity index (χ3n) is 4.44. The highest BCUT2D eigenvalue weighted by Gasteiger charge is 2.19. The first-order valence-electron chi connectivity index (χ1n) is 8.59. The van der Waals surface area contributed by atoms with Crippen molar-refractivity contribution in [2.75, 3.05) is 18.4 Å². The van der Waals surface area contributed by atoms with Gasteiger partial charge in [-0.3, -0.25) is 4.79 Å². The topological polar surface area (TPSA) is 58.1 Å². The van der Waals surface area contributed by atoms with Gasteiger partial charge in [0.25, 0.3) is 5.91 Å². The van der Waals surface area contributed by atoms with Gasteiger partial charge >= 0.3 is 0 Å². The van der Waals surface area contributed by atoms with Crippen LogP contribution in [-0.4, -0.2) is 33.9 Å². The summed E-state index contributed by atoms with van der Waals surface area (Å²) in [5.74, 6) is 0.653. The van der Waals surface area contributed by atoms with Gasteiger partial charge in [0.1, 0.15) is 17.8 Å². The van der Waals surface area contributed by atoms with Crippen LogP contribution >= 0.6 is 0 Å². The smallest absolute Gasteiger partial charge is 0.272 e. The zero-order chi connectivity index (χ0) is 16.9. The molecule has 0 bridgehead atoms. The van der Waals surface area contributed by atoms with E-state index in [9.17, 15) is 4.79 Å². The molecule has 1 aromatic heterocycles. The van der Waals surface area contributed by atoms with Crippen LogP contribution < -0.4 is 5.32 Å². The lowest BCUT2D eigenvalue weighted by Gasteiger charge is -2.20. The van der Waals surface area contributed by atoms with Crippen LogP contribution in [0, 0.1) is 13.8 Å². The van der Waals surface area contributed by atoms with E-state index in [1.54, 1.807) is 6.07 Å². The van der Waals surface area contributed by atoms with Gasteiger partial charge in [-0.05, 0) is 43.9 Å². The predicted molar refractivity (Wildman–Crippen MR) is 95.6 cm³/mol. The van der Waals surface area contributed by atoms with Crippen molar-refractivity contribution in [3.8, 4) is 0 Å². The van der Waals surface area contributed by atoms with Crippen molar-refractivity contribution in [2.24, 2.45) is 0 Å². The Hall–Kier alpha value is -2.43. The first-order valence-corrected chi connectivity index (χ1v) is 8.59. The summed E-state index contributed by atoms with van der Waals surface area (Å²) in [5, 5.41) is 3.30. The van der Waals surface area contributed by atoms with Gasteiger partial charge in [0.05, 0.1) is 0 Å². The van der Waals surface area contributed by atoms with E-state index in [2.05, 4.69) is 40.4 Å². The monoisotopic (exact) mass is 324 g/mol. The molecule has 126 valence electrons. The molecule has 1 N–H and O–H groups in total. The van der Waals surface area contributed by atoms with Gasteiger partial charge < -0.3 is 10.2 Å². The molecule has 1 amide bonds. The number of benzene rings is 1. The predicted octanol–water partition coefficient (Wildman–Crippen LogP) is 3.85. The Labute approximate surface area is 143 Å². The van der Waals surface area contributed by atoms with E-state index in [4.69, 9.17) is 0 Å². The molecule has 3 rings (SSSR count). The number of likely N-dealkylation sites (tertiary alicyclic amines) is 1. The Kier molecular flexibility index (Phi) is 5.08. The van der Waals surface area contributed by atoms with Crippen molar-refractivity contribution in [3.05, 3.63) is 47.4 Å². The molecule has 2 heterocycles. The fourth-order valence-electron chi connectivity index (χ4n) is 2.99. The van der Waals surface area contributed by atoms with Gasteiger partial charge in [-0.1, -0.05) is 25.0 Å². The third-order valence-corrected chi connectivity index (χ3v) is 4.44. The summed E-state index contributed by atoms with van der Waals surface area (Å²) in [4.78, 5) is 23.0. The maximum atomic E-state index is 12.7. The number of anilines is 2. The van der Waals surface area contributed by atoms with Gasteiger partial charge in [0.2, 0.25) is 0 Å². The van der Waals surface area contributed by atoms with E-state index in [-0.39, 0.29) is 5.91 Å². The molecule has 2 aromatic rings. The lowest BCUT2D eigenvalue weighted by molar-refractivity contribution is 0.0755. The van der Waals surface area contributed by atoms with E-state index < -0.39 is 0 Å². The lowest BCUT2D eigenvalue weighted by Crippen LogP contribution is -2.32. The Morgan fingerprint density at radius 2 is 1.79 bits per heavy atom. The number of amides is 1. The van der Waals surface area contributed by atoms with Crippen molar-refractivity contribution in [3.63, 3.8) is 0 Å². The molecule has 5 heteroatoms. The highest BCUT2D eigenvalue weighted by atomic mass is 16.2. The van der Waals surface area contributed by atoms with Gasteiger partial charge in [-0.2, -0.15) is 0 Å². The third kappa shape index (κ3) is 3.91. The minimum absolute atomic E-state index is 0.00307. The summed E-state index contributed by atoms with van der Waals surface area (Å²) in [6, 6.07) is 7.97. The normalized spacial score (nSPS) is 15.0. The van der Waals surface area contributed by atoms with Crippen LogP contribution in [-0.2, 0) is 0 Å². The summed E-state index contributed by atoms with van der Waals surface area (Å²) in [5.41, 5.74) is 3.78. The summed E-state index contributed by atoms with van der Waals surface area (Å²) in [6.45, 7) is 5.75. The molecular weight excluding hydrogens is 300 g/mol. The minimum atomic E-state index is 0.00307. The Morgan fingerprint density at radius 3 is 2.54 bits per heavy atom. The van der Waals surface area contributed by atoms with Crippen LogP contribution in [0.5, 0.6) is 0 Å². The molecular formula is C19H24N4O. The van der Waals surface area contributed by atoms with Gasteiger partial charge in [-0.25, -0.2) is 9.97 Å². The molecule has 0 saturated carbocycles. The van der Waals surface area contributed by atoms with Crippen LogP contribution in [0.25, 0.3) is 0 Å². The number of hydrogen-bond donors (Lipinski definition) is 1. The number of aromatic nitrogens is 2. The molecule has 1 aliphatic heterocycles. The maximum absolute atomic E-state index is 12.7. The van der Waals surface area contributed by atoms with E-state index >= 15 is 0 Å². The lowest BCUT2D eigenvalue weighted by atomic mass is 10.1. The molecule has 0 aliphatic carbocycles. The quantitative estimate of drug-likeness (QED) is 0.931. The second kappa shape index (κ2) is 7.43. The van der Waals surface area contributed by atoms with Gasteiger partial charge in [0, 0.05) is 24.8 Å². The Balaban J connectivity index is 1.78. The number of rotatable bonds is 3. The highest BCUT2D eigenvalue weighted by Crippen LogP contribution is 2.21. The van der Waals surface area contributed by atoms with Crippen molar-refractivity contribution in [1.29, 1.82) is 0 Å². The molecule has 1 fully saturated rings. The minimum Gasteiger partial charge on any atom is -0.340 e.